The normalized spacial score (nSPS) is 11.5. The van der Waals surface area contributed by atoms with Crippen LogP contribution in [-0.4, -0.2) is 20.1 Å². The van der Waals surface area contributed by atoms with Gasteiger partial charge in [-0.1, -0.05) is 41.9 Å². The summed E-state index contributed by atoms with van der Waals surface area (Å²) < 4.78 is 26.6. The minimum atomic E-state index is -3.39. The van der Waals surface area contributed by atoms with E-state index in [4.69, 9.17) is 11.6 Å². The lowest BCUT2D eigenvalue weighted by molar-refractivity contribution is 0.475. The van der Waals surface area contributed by atoms with Gasteiger partial charge < -0.3 is 5.11 Å². The summed E-state index contributed by atoms with van der Waals surface area (Å²) in [7, 11) is -3.39. The minimum absolute atomic E-state index is 0.119. The lowest BCUT2D eigenvalue weighted by Crippen LogP contribution is -2.26. The van der Waals surface area contributed by atoms with E-state index < -0.39 is 10.0 Å². The molecule has 0 aromatic heterocycles. The summed E-state index contributed by atoms with van der Waals surface area (Å²) in [5.74, 6) is 0.107. The molecular weight excluding hydrogens is 322 g/mol. The number of aryl methyl sites for hydroxylation is 1. The van der Waals surface area contributed by atoms with E-state index >= 15 is 0 Å². The average Bonchev–Trinajstić information content (AvgIpc) is 2.48. The monoisotopic (exact) mass is 339 g/mol. The highest BCUT2D eigenvalue weighted by Gasteiger charge is 2.12. The number of phenolic OH excluding ortho intramolecular Hbond substituents is 1. The van der Waals surface area contributed by atoms with Crippen LogP contribution in [0.1, 0.15) is 17.5 Å². The predicted octanol–water partition coefficient (Wildman–Crippen LogP) is 3.10. The number of halogens is 1. The molecule has 0 saturated heterocycles. The standard InChI is InChI=1S/C16H18ClNO3S/c17-16-6-2-1-5-14(16)12-22(20,21)18-11-3-4-13-7-9-15(19)10-8-13/h1-2,5-10,18-19H,3-4,11-12H2. The van der Waals surface area contributed by atoms with E-state index in [-0.39, 0.29) is 11.5 Å². The molecule has 0 radical (unpaired) electrons. The van der Waals surface area contributed by atoms with Gasteiger partial charge in [0.05, 0.1) is 5.75 Å². The molecule has 0 aliphatic rings. The summed E-state index contributed by atoms with van der Waals surface area (Å²) >= 11 is 5.97. The van der Waals surface area contributed by atoms with Gasteiger partial charge in [0.2, 0.25) is 10.0 Å². The summed E-state index contributed by atoms with van der Waals surface area (Å²) in [6, 6.07) is 13.8. The highest BCUT2D eigenvalue weighted by Crippen LogP contribution is 2.17. The number of benzene rings is 2. The van der Waals surface area contributed by atoms with E-state index in [2.05, 4.69) is 4.72 Å². The Hall–Kier alpha value is -1.56. The van der Waals surface area contributed by atoms with Gasteiger partial charge in [-0.15, -0.1) is 0 Å². The number of nitrogens with one attached hydrogen (secondary N) is 1. The SMILES string of the molecule is O=S(=O)(Cc1ccccc1Cl)NCCCc1ccc(O)cc1. The molecule has 0 fully saturated rings. The van der Waals surface area contributed by atoms with Crippen molar-refractivity contribution in [3.8, 4) is 5.75 Å². The van der Waals surface area contributed by atoms with Gasteiger partial charge in [-0.25, -0.2) is 13.1 Å². The van der Waals surface area contributed by atoms with Crippen LogP contribution in [0.25, 0.3) is 0 Å². The summed E-state index contributed by atoms with van der Waals surface area (Å²) in [4.78, 5) is 0. The Morgan fingerprint density at radius 2 is 1.73 bits per heavy atom. The molecule has 118 valence electrons. The summed E-state index contributed by atoms with van der Waals surface area (Å²) in [5.41, 5.74) is 1.65. The van der Waals surface area contributed by atoms with Crippen LogP contribution in [0.4, 0.5) is 0 Å². The molecule has 22 heavy (non-hydrogen) atoms. The second-order valence-corrected chi connectivity index (χ2v) is 7.23. The molecule has 2 rings (SSSR count). The Morgan fingerprint density at radius 3 is 2.41 bits per heavy atom. The highest BCUT2D eigenvalue weighted by molar-refractivity contribution is 7.88. The van der Waals surface area contributed by atoms with Gasteiger partial charge in [0.1, 0.15) is 5.75 Å². The molecule has 6 heteroatoms. The molecule has 0 unspecified atom stereocenters. The lowest BCUT2D eigenvalue weighted by atomic mass is 10.1. The van der Waals surface area contributed by atoms with Crippen molar-refractivity contribution in [2.24, 2.45) is 0 Å². The van der Waals surface area contributed by atoms with E-state index in [1.54, 1.807) is 36.4 Å². The van der Waals surface area contributed by atoms with E-state index in [1.165, 1.54) is 0 Å². The zero-order valence-electron chi connectivity index (χ0n) is 12.0. The quantitative estimate of drug-likeness (QED) is 0.762. The molecule has 0 aliphatic carbocycles. The van der Waals surface area contributed by atoms with Crippen molar-refractivity contribution in [1.29, 1.82) is 0 Å². The number of rotatable bonds is 7. The van der Waals surface area contributed by atoms with Gasteiger partial charge in [-0.2, -0.15) is 0 Å². The largest absolute Gasteiger partial charge is 0.508 e. The van der Waals surface area contributed by atoms with Crippen molar-refractivity contribution < 1.29 is 13.5 Å². The van der Waals surface area contributed by atoms with Crippen LogP contribution in [0.2, 0.25) is 5.02 Å². The molecule has 0 bridgehead atoms. The second-order valence-electron chi connectivity index (χ2n) is 5.01. The molecule has 0 spiro atoms. The smallest absolute Gasteiger partial charge is 0.215 e. The van der Waals surface area contributed by atoms with Crippen molar-refractivity contribution in [1.82, 2.24) is 4.72 Å². The number of hydrogen-bond donors (Lipinski definition) is 2. The summed E-state index contributed by atoms with van der Waals surface area (Å²) in [6.07, 6.45) is 1.43. The second kappa shape index (κ2) is 7.63. The molecule has 0 amide bonds. The van der Waals surface area contributed by atoms with Crippen LogP contribution in [0.3, 0.4) is 0 Å². The van der Waals surface area contributed by atoms with Gasteiger partial charge in [0.25, 0.3) is 0 Å². The number of aromatic hydroxyl groups is 1. The van der Waals surface area contributed by atoms with Crippen LogP contribution >= 0.6 is 11.6 Å². The van der Waals surface area contributed by atoms with Crippen molar-refractivity contribution in [3.05, 3.63) is 64.7 Å². The maximum atomic E-state index is 12.0. The summed E-state index contributed by atoms with van der Waals surface area (Å²) in [6.45, 7) is 0.369. The van der Waals surface area contributed by atoms with Crippen LogP contribution < -0.4 is 4.72 Å². The zero-order valence-corrected chi connectivity index (χ0v) is 13.6. The fourth-order valence-electron chi connectivity index (χ4n) is 2.05. The third-order valence-corrected chi connectivity index (χ3v) is 4.91. The third kappa shape index (κ3) is 5.33. The van der Waals surface area contributed by atoms with Crippen LogP contribution in [0.15, 0.2) is 48.5 Å². The lowest BCUT2D eigenvalue weighted by Gasteiger charge is -2.08. The third-order valence-electron chi connectivity index (χ3n) is 3.20. The van der Waals surface area contributed by atoms with Gasteiger partial charge >= 0.3 is 0 Å². The average molecular weight is 340 g/mol. The molecule has 4 nitrogen and oxygen atoms in total. The van der Waals surface area contributed by atoms with Gasteiger partial charge in [0.15, 0.2) is 0 Å². The van der Waals surface area contributed by atoms with E-state index in [9.17, 15) is 13.5 Å². The van der Waals surface area contributed by atoms with Crippen molar-refractivity contribution in [2.45, 2.75) is 18.6 Å². The Morgan fingerprint density at radius 1 is 1.05 bits per heavy atom. The Labute approximate surface area is 135 Å². The topological polar surface area (TPSA) is 66.4 Å². The van der Waals surface area contributed by atoms with Crippen molar-refractivity contribution in [2.75, 3.05) is 6.54 Å². The fraction of sp³-hybridized carbons (Fsp3) is 0.250. The van der Waals surface area contributed by atoms with Crippen LogP contribution in [-0.2, 0) is 22.2 Å². The van der Waals surface area contributed by atoms with Gasteiger partial charge in [0, 0.05) is 11.6 Å². The van der Waals surface area contributed by atoms with Crippen molar-refractivity contribution in [3.63, 3.8) is 0 Å². The van der Waals surface area contributed by atoms with E-state index in [0.29, 0.717) is 23.6 Å². The number of hydrogen-bond acceptors (Lipinski definition) is 3. The molecule has 0 atom stereocenters. The first kappa shape index (κ1) is 16.8. The molecule has 0 heterocycles. The van der Waals surface area contributed by atoms with Gasteiger partial charge in [-0.3, -0.25) is 0 Å². The number of sulfonamides is 1. The van der Waals surface area contributed by atoms with E-state index in [0.717, 1.165) is 12.0 Å². The van der Waals surface area contributed by atoms with E-state index in [1.807, 2.05) is 12.1 Å². The highest BCUT2D eigenvalue weighted by atomic mass is 35.5. The molecule has 0 aliphatic heterocycles. The van der Waals surface area contributed by atoms with Gasteiger partial charge in [-0.05, 0) is 42.2 Å². The molecule has 2 aromatic carbocycles. The first-order chi connectivity index (χ1) is 10.5. The maximum Gasteiger partial charge on any atom is 0.215 e. The Bertz CT molecular complexity index is 714. The van der Waals surface area contributed by atoms with Crippen LogP contribution in [0, 0.1) is 0 Å². The molecule has 2 aromatic rings. The van der Waals surface area contributed by atoms with Crippen molar-refractivity contribution >= 4 is 21.6 Å². The maximum absolute atomic E-state index is 12.0. The Kier molecular flexibility index (Phi) is 5.83. The minimum Gasteiger partial charge on any atom is -0.508 e. The zero-order chi connectivity index (χ0) is 16.0. The first-order valence-electron chi connectivity index (χ1n) is 6.95. The molecule has 2 N–H and O–H groups in total. The van der Waals surface area contributed by atoms with Crippen LogP contribution in [0.5, 0.6) is 5.75 Å². The summed E-state index contributed by atoms with van der Waals surface area (Å²) in [5, 5.41) is 9.65. The first-order valence-corrected chi connectivity index (χ1v) is 8.98. The fourth-order valence-corrected chi connectivity index (χ4v) is 3.55. The number of phenols is 1. The Balaban J connectivity index is 1.80. The molecule has 0 saturated carbocycles. The molecular formula is C16H18ClNO3S. The predicted molar refractivity (Wildman–Crippen MR) is 88.5 cm³/mol.